The monoisotopic (exact) mass is 472 g/mol. The largest absolute Gasteiger partial charge is 0.454 e. The summed E-state index contributed by atoms with van der Waals surface area (Å²) >= 11 is 0. The van der Waals surface area contributed by atoms with Crippen LogP contribution < -0.4 is 10.6 Å². The highest BCUT2D eigenvalue weighted by atomic mass is 35.5. The molecule has 174 valence electrons. The number of Topliss-reactive ketones (excluding diaryl/α,β-unsaturated/α-hetero) is 1. The van der Waals surface area contributed by atoms with Gasteiger partial charge in [0.15, 0.2) is 0 Å². The predicted molar refractivity (Wildman–Crippen MR) is 116 cm³/mol. The summed E-state index contributed by atoms with van der Waals surface area (Å²) < 4.78 is 51.9. The molecule has 2 aromatic carbocycles. The molecule has 1 aliphatic carbocycles. The second kappa shape index (κ2) is 10.9. The summed E-state index contributed by atoms with van der Waals surface area (Å²) in [4.78, 5) is 23.7. The molecule has 0 aromatic heterocycles. The van der Waals surface area contributed by atoms with Gasteiger partial charge in [0.1, 0.15) is 5.82 Å². The molecule has 0 aliphatic heterocycles. The molecule has 2 N–H and O–H groups in total. The van der Waals surface area contributed by atoms with Crippen molar-refractivity contribution in [1.82, 2.24) is 10.6 Å². The smallest absolute Gasteiger partial charge is 0.352 e. The lowest BCUT2D eigenvalue weighted by molar-refractivity contribution is -0.126. The van der Waals surface area contributed by atoms with Gasteiger partial charge >= 0.3 is 6.18 Å². The average Bonchev–Trinajstić information content (AvgIpc) is 2.77. The molecule has 0 atom stereocenters. The summed E-state index contributed by atoms with van der Waals surface area (Å²) in [5.74, 6) is -2.58. The van der Waals surface area contributed by atoms with Gasteiger partial charge in [-0.2, -0.15) is 13.2 Å². The van der Waals surface area contributed by atoms with Gasteiger partial charge in [0, 0.05) is 29.6 Å². The molecule has 2 aromatic rings. The maximum atomic E-state index is 14.2. The number of hydrogen-bond acceptors (Lipinski definition) is 3. The van der Waals surface area contributed by atoms with Crippen LogP contribution in [0.4, 0.5) is 17.6 Å². The van der Waals surface area contributed by atoms with Gasteiger partial charge in [0.25, 0.3) is 5.78 Å². The van der Waals surface area contributed by atoms with Gasteiger partial charge in [-0.3, -0.25) is 9.59 Å². The number of ketones is 1. The molecular formula is C23H25ClF4N2O2. The highest BCUT2D eigenvalue weighted by molar-refractivity contribution is 6.00. The van der Waals surface area contributed by atoms with Crippen LogP contribution in [0.1, 0.15) is 41.6 Å². The van der Waals surface area contributed by atoms with Gasteiger partial charge in [-0.25, -0.2) is 4.39 Å². The molecule has 0 saturated heterocycles. The van der Waals surface area contributed by atoms with Crippen molar-refractivity contribution in [1.29, 1.82) is 0 Å². The first kappa shape index (κ1) is 25.8. The van der Waals surface area contributed by atoms with E-state index in [2.05, 4.69) is 10.6 Å². The highest BCUT2D eigenvalue weighted by Crippen LogP contribution is 2.27. The van der Waals surface area contributed by atoms with Crippen LogP contribution in [0.3, 0.4) is 0 Å². The maximum Gasteiger partial charge on any atom is 0.454 e. The zero-order valence-electron chi connectivity index (χ0n) is 17.5. The van der Waals surface area contributed by atoms with E-state index in [1.807, 2.05) is 7.05 Å². The number of carbonyl (C=O) groups is 2. The third kappa shape index (κ3) is 6.29. The zero-order chi connectivity index (χ0) is 22.6. The summed E-state index contributed by atoms with van der Waals surface area (Å²) in [6.45, 7) is 0.0229. The van der Waals surface area contributed by atoms with Crippen LogP contribution in [0, 0.1) is 11.7 Å². The van der Waals surface area contributed by atoms with Crippen molar-refractivity contribution in [3.05, 3.63) is 59.4 Å². The molecule has 3 rings (SSSR count). The first-order valence-electron chi connectivity index (χ1n) is 10.1. The predicted octanol–water partition coefficient (Wildman–Crippen LogP) is 5.05. The zero-order valence-corrected chi connectivity index (χ0v) is 18.3. The van der Waals surface area contributed by atoms with E-state index in [1.165, 1.54) is 24.3 Å². The number of halogens is 5. The SMILES string of the molecule is CNC1CCC(C(=O)NCc2cc(-c3ccc(C(=O)C(F)(F)F)cc3)ccc2F)CC1.Cl. The molecule has 0 bridgehead atoms. The normalized spacial score (nSPS) is 18.5. The molecule has 1 saturated carbocycles. The van der Waals surface area contributed by atoms with Crippen LogP contribution in [-0.2, 0) is 11.3 Å². The lowest BCUT2D eigenvalue weighted by Gasteiger charge is -2.27. The molecule has 0 heterocycles. The van der Waals surface area contributed by atoms with E-state index in [0.717, 1.165) is 37.8 Å². The Morgan fingerprint density at radius 3 is 2.12 bits per heavy atom. The van der Waals surface area contributed by atoms with Gasteiger partial charge in [-0.05, 0) is 56.0 Å². The van der Waals surface area contributed by atoms with Crippen molar-refractivity contribution in [2.45, 2.75) is 44.4 Å². The summed E-state index contributed by atoms with van der Waals surface area (Å²) in [5, 5.41) is 6.00. The quantitative estimate of drug-likeness (QED) is 0.456. The second-order valence-electron chi connectivity index (χ2n) is 7.77. The number of carbonyl (C=O) groups excluding carboxylic acids is 2. The molecule has 1 fully saturated rings. The topological polar surface area (TPSA) is 58.2 Å². The highest BCUT2D eigenvalue weighted by Gasteiger charge is 2.39. The van der Waals surface area contributed by atoms with Gasteiger partial charge < -0.3 is 10.6 Å². The molecule has 1 amide bonds. The first-order valence-corrected chi connectivity index (χ1v) is 10.1. The molecule has 0 spiro atoms. The molecule has 4 nitrogen and oxygen atoms in total. The molecule has 32 heavy (non-hydrogen) atoms. The van der Waals surface area contributed by atoms with E-state index in [9.17, 15) is 27.2 Å². The number of rotatable bonds is 6. The van der Waals surface area contributed by atoms with E-state index >= 15 is 0 Å². The van der Waals surface area contributed by atoms with Crippen LogP contribution in [-0.4, -0.2) is 31.0 Å². The molecule has 0 unspecified atom stereocenters. The Morgan fingerprint density at radius 1 is 0.969 bits per heavy atom. The number of amides is 1. The van der Waals surface area contributed by atoms with Gasteiger partial charge in [0.2, 0.25) is 5.91 Å². The number of hydrogen-bond donors (Lipinski definition) is 2. The molecule has 1 aliphatic rings. The van der Waals surface area contributed by atoms with Gasteiger partial charge in [-0.1, -0.05) is 30.3 Å². The van der Waals surface area contributed by atoms with Crippen LogP contribution in [0.15, 0.2) is 42.5 Å². The van der Waals surface area contributed by atoms with E-state index in [0.29, 0.717) is 17.2 Å². The van der Waals surface area contributed by atoms with Gasteiger partial charge in [0.05, 0.1) is 0 Å². The number of benzene rings is 2. The van der Waals surface area contributed by atoms with E-state index < -0.39 is 23.3 Å². The minimum absolute atomic E-state index is 0. The van der Waals surface area contributed by atoms with E-state index in [4.69, 9.17) is 0 Å². The summed E-state index contributed by atoms with van der Waals surface area (Å²) in [7, 11) is 1.91. The van der Waals surface area contributed by atoms with Crippen LogP contribution in [0.5, 0.6) is 0 Å². The van der Waals surface area contributed by atoms with Crippen molar-refractivity contribution in [3.8, 4) is 11.1 Å². The molecular weight excluding hydrogens is 448 g/mol. The van der Waals surface area contributed by atoms with Crippen molar-refractivity contribution in [3.63, 3.8) is 0 Å². The van der Waals surface area contributed by atoms with Crippen LogP contribution >= 0.6 is 12.4 Å². The van der Waals surface area contributed by atoms with Crippen molar-refractivity contribution in [2.24, 2.45) is 5.92 Å². The van der Waals surface area contributed by atoms with E-state index in [1.54, 1.807) is 6.07 Å². The van der Waals surface area contributed by atoms with E-state index in [-0.39, 0.29) is 36.3 Å². The second-order valence-corrected chi connectivity index (χ2v) is 7.77. The Labute approximate surface area is 190 Å². The molecule has 0 radical (unpaired) electrons. The van der Waals surface area contributed by atoms with Crippen molar-refractivity contribution < 1.29 is 27.2 Å². The Kier molecular flexibility index (Phi) is 8.81. The fourth-order valence-electron chi connectivity index (χ4n) is 3.84. The Bertz CT molecular complexity index is 940. The molecule has 9 heteroatoms. The Balaban J connectivity index is 0.00000363. The minimum Gasteiger partial charge on any atom is -0.352 e. The third-order valence-electron chi connectivity index (χ3n) is 5.74. The van der Waals surface area contributed by atoms with Crippen molar-refractivity contribution >= 4 is 24.1 Å². The number of nitrogens with one attached hydrogen (secondary N) is 2. The fourth-order valence-corrected chi connectivity index (χ4v) is 3.84. The fraction of sp³-hybridized carbons (Fsp3) is 0.391. The Morgan fingerprint density at radius 2 is 1.56 bits per heavy atom. The lowest BCUT2D eigenvalue weighted by Crippen LogP contribution is -2.37. The maximum absolute atomic E-state index is 14.2. The van der Waals surface area contributed by atoms with Crippen molar-refractivity contribution in [2.75, 3.05) is 7.05 Å². The summed E-state index contributed by atoms with van der Waals surface area (Å²) in [6, 6.07) is 9.69. The third-order valence-corrected chi connectivity index (χ3v) is 5.74. The average molecular weight is 473 g/mol. The lowest BCUT2D eigenvalue weighted by atomic mass is 9.85. The summed E-state index contributed by atoms with van der Waals surface area (Å²) in [6.07, 6.45) is -1.53. The minimum atomic E-state index is -4.94. The van der Waals surface area contributed by atoms with Crippen LogP contribution in [0.2, 0.25) is 0 Å². The van der Waals surface area contributed by atoms with Gasteiger partial charge in [-0.15, -0.1) is 12.4 Å². The van der Waals surface area contributed by atoms with Crippen LogP contribution in [0.25, 0.3) is 11.1 Å². The standard InChI is InChI=1S/C23H24F4N2O2.ClH/c1-28-19-9-6-16(7-10-19)22(31)29-13-18-12-17(8-11-20(18)24)14-2-4-15(5-3-14)21(30)23(25,26)27;/h2-5,8,11-12,16,19,28H,6-7,9-10,13H2,1H3,(H,29,31);1H. The first-order chi connectivity index (χ1) is 14.7. The summed E-state index contributed by atoms with van der Waals surface area (Å²) in [5.41, 5.74) is 0.937. The number of alkyl halides is 3. The Hall–Kier alpha value is -2.45.